The van der Waals surface area contributed by atoms with Crippen LogP contribution in [0, 0.1) is 0 Å². The monoisotopic (exact) mass is 241 g/mol. The minimum Gasteiger partial charge on any atom is -0.464 e. The van der Waals surface area contributed by atoms with Crippen LogP contribution in [-0.2, 0) is 14.3 Å². The lowest BCUT2D eigenvalue weighted by Crippen LogP contribution is -2.38. The largest absolute Gasteiger partial charge is 0.464 e. The average Bonchev–Trinajstić information content (AvgIpc) is 2.36. The first-order chi connectivity index (χ1) is 8.33. The number of hydrogen-bond acceptors (Lipinski definition) is 4. The van der Waals surface area contributed by atoms with Gasteiger partial charge in [0, 0.05) is 26.1 Å². The minimum absolute atomic E-state index is 0.0812. The molecule has 1 aliphatic heterocycles. The molecule has 0 spiro atoms. The Balaban J connectivity index is 1.93. The highest BCUT2D eigenvalue weighted by Gasteiger charge is 2.10. The molecule has 0 aromatic rings. The molecule has 0 bridgehead atoms. The van der Waals surface area contributed by atoms with Gasteiger partial charge >= 0.3 is 5.97 Å². The molecule has 0 radical (unpaired) electrons. The Morgan fingerprint density at radius 1 is 1.35 bits per heavy atom. The van der Waals surface area contributed by atoms with Gasteiger partial charge in [-0.1, -0.05) is 6.08 Å². The van der Waals surface area contributed by atoms with Crippen molar-refractivity contribution in [2.75, 3.05) is 39.5 Å². The van der Waals surface area contributed by atoms with Gasteiger partial charge in [0.15, 0.2) is 0 Å². The first-order valence-corrected chi connectivity index (χ1v) is 6.39. The topological polar surface area (TPSA) is 38.8 Å². The molecule has 0 amide bonds. The molecule has 4 heteroatoms. The Labute approximate surface area is 104 Å². The summed E-state index contributed by atoms with van der Waals surface area (Å²) in [5, 5.41) is 0. The maximum absolute atomic E-state index is 11.4. The molecular weight excluding hydrogens is 218 g/mol. The third-order valence-electron chi connectivity index (χ3n) is 2.81. The molecule has 0 aromatic heterocycles. The van der Waals surface area contributed by atoms with Crippen LogP contribution in [0.5, 0.6) is 0 Å². The molecule has 1 rings (SSSR count). The van der Waals surface area contributed by atoms with Gasteiger partial charge < -0.3 is 9.47 Å². The van der Waals surface area contributed by atoms with Crippen LogP contribution in [0.25, 0.3) is 0 Å². The summed E-state index contributed by atoms with van der Waals surface area (Å²) in [6.45, 7) is 8.43. The van der Waals surface area contributed by atoms with Gasteiger partial charge in [-0.05, 0) is 19.3 Å². The lowest BCUT2D eigenvalue weighted by atomic mass is 10.2. The van der Waals surface area contributed by atoms with Crippen molar-refractivity contribution < 1.29 is 14.3 Å². The van der Waals surface area contributed by atoms with Crippen LogP contribution in [0.2, 0.25) is 0 Å². The zero-order chi connectivity index (χ0) is 12.3. The molecule has 1 aliphatic rings. The number of ether oxygens (including phenoxy) is 2. The molecule has 98 valence electrons. The molecule has 0 unspecified atom stereocenters. The fourth-order valence-electron chi connectivity index (χ4n) is 1.74. The van der Waals surface area contributed by atoms with E-state index in [1.54, 1.807) is 0 Å². The van der Waals surface area contributed by atoms with Gasteiger partial charge in [-0.25, -0.2) is 0 Å². The average molecular weight is 241 g/mol. The van der Waals surface area contributed by atoms with Crippen molar-refractivity contribution in [1.29, 1.82) is 0 Å². The van der Waals surface area contributed by atoms with E-state index in [1.165, 1.54) is 0 Å². The SMILES string of the molecule is C=CCCCCC(=O)OCCN1CCOCC1. The van der Waals surface area contributed by atoms with Crippen LogP contribution in [0.4, 0.5) is 0 Å². The van der Waals surface area contributed by atoms with Crippen LogP contribution in [0.3, 0.4) is 0 Å². The standard InChI is InChI=1S/C13H23NO3/c1-2-3-4-5-6-13(15)17-12-9-14-7-10-16-11-8-14/h2H,1,3-12H2. The zero-order valence-corrected chi connectivity index (χ0v) is 10.5. The number of carbonyl (C=O) groups excluding carboxylic acids is 1. The molecule has 1 saturated heterocycles. The van der Waals surface area contributed by atoms with E-state index in [0.29, 0.717) is 13.0 Å². The fourth-order valence-corrected chi connectivity index (χ4v) is 1.74. The van der Waals surface area contributed by atoms with Crippen LogP contribution in [0.15, 0.2) is 12.7 Å². The minimum atomic E-state index is -0.0812. The summed E-state index contributed by atoms with van der Waals surface area (Å²) in [5.41, 5.74) is 0. The van der Waals surface area contributed by atoms with Gasteiger partial charge in [0.05, 0.1) is 13.2 Å². The first kappa shape index (κ1) is 14.2. The number of nitrogens with zero attached hydrogens (tertiary/aromatic N) is 1. The Bertz CT molecular complexity index is 225. The van der Waals surface area contributed by atoms with Crippen LogP contribution in [-0.4, -0.2) is 50.3 Å². The normalized spacial score (nSPS) is 16.7. The number of carbonyl (C=O) groups is 1. The molecule has 4 nitrogen and oxygen atoms in total. The maximum atomic E-state index is 11.4. The zero-order valence-electron chi connectivity index (χ0n) is 10.5. The highest BCUT2D eigenvalue weighted by atomic mass is 16.5. The molecule has 0 N–H and O–H groups in total. The van der Waals surface area contributed by atoms with Gasteiger partial charge in [0.25, 0.3) is 0 Å². The van der Waals surface area contributed by atoms with Gasteiger partial charge in [-0.3, -0.25) is 9.69 Å². The van der Waals surface area contributed by atoms with E-state index in [4.69, 9.17) is 9.47 Å². The van der Waals surface area contributed by atoms with Crippen molar-refractivity contribution in [2.24, 2.45) is 0 Å². The van der Waals surface area contributed by atoms with Gasteiger partial charge in [-0.2, -0.15) is 0 Å². The lowest BCUT2D eigenvalue weighted by molar-refractivity contribution is -0.144. The van der Waals surface area contributed by atoms with E-state index >= 15 is 0 Å². The Kier molecular flexibility index (Phi) is 7.67. The van der Waals surface area contributed by atoms with E-state index < -0.39 is 0 Å². The highest BCUT2D eigenvalue weighted by molar-refractivity contribution is 5.69. The quantitative estimate of drug-likeness (QED) is 0.368. The molecule has 0 saturated carbocycles. The van der Waals surface area contributed by atoms with Gasteiger partial charge in [0.1, 0.15) is 6.61 Å². The first-order valence-electron chi connectivity index (χ1n) is 6.39. The molecular formula is C13H23NO3. The summed E-state index contributed by atoms with van der Waals surface area (Å²) in [4.78, 5) is 13.6. The van der Waals surface area contributed by atoms with E-state index in [9.17, 15) is 4.79 Å². The van der Waals surface area contributed by atoms with Gasteiger partial charge in [0.2, 0.25) is 0 Å². The van der Waals surface area contributed by atoms with Crippen molar-refractivity contribution >= 4 is 5.97 Å². The Morgan fingerprint density at radius 3 is 2.82 bits per heavy atom. The number of morpholine rings is 1. The van der Waals surface area contributed by atoms with Crippen LogP contribution in [0.1, 0.15) is 25.7 Å². The van der Waals surface area contributed by atoms with Crippen molar-refractivity contribution in [2.45, 2.75) is 25.7 Å². The van der Waals surface area contributed by atoms with E-state index in [1.807, 2.05) is 6.08 Å². The van der Waals surface area contributed by atoms with Crippen LogP contribution >= 0.6 is 0 Å². The molecule has 1 fully saturated rings. The number of esters is 1. The fraction of sp³-hybridized carbons (Fsp3) is 0.769. The summed E-state index contributed by atoms with van der Waals surface area (Å²) < 4.78 is 10.4. The highest BCUT2D eigenvalue weighted by Crippen LogP contribution is 2.02. The number of hydrogen-bond donors (Lipinski definition) is 0. The lowest BCUT2D eigenvalue weighted by Gasteiger charge is -2.26. The van der Waals surface area contributed by atoms with E-state index in [0.717, 1.165) is 52.1 Å². The molecule has 0 atom stereocenters. The molecule has 0 aliphatic carbocycles. The number of rotatable bonds is 8. The summed E-state index contributed by atoms with van der Waals surface area (Å²) in [6, 6.07) is 0. The van der Waals surface area contributed by atoms with Crippen molar-refractivity contribution in [1.82, 2.24) is 4.90 Å². The van der Waals surface area contributed by atoms with Crippen molar-refractivity contribution in [3.05, 3.63) is 12.7 Å². The predicted octanol–water partition coefficient (Wildman–Crippen LogP) is 1.61. The second kappa shape index (κ2) is 9.19. The maximum Gasteiger partial charge on any atom is 0.305 e. The third-order valence-corrected chi connectivity index (χ3v) is 2.81. The van der Waals surface area contributed by atoms with Crippen molar-refractivity contribution in [3.63, 3.8) is 0 Å². The predicted molar refractivity (Wildman–Crippen MR) is 66.9 cm³/mol. The Morgan fingerprint density at radius 2 is 2.12 bits per heavy atom. The van der Waals surface area contributed by atoms with Gasteiger partial charge in [-0.15, -0.1) is 6.58 Å². The van der Waals surface area contributed by atoms with E-state index in [2.05, 4.69) is 11.5 Å². The molecule has 0 aromatic carbocycles. The summed E-state index contributed by atoms with van der Waals surface area (Å²) in [6.07, 6.45) is 5.28. The summed E-state index contributed by atoms with van der Waals surface area (Å²) in [5.74, 6) is -0.0812. The molecule has 17 heavy (non-hydrogen) atoms. The van der Waals surface area contributed by atoms with Crippen molar-refractivity contribution in [3.8, 4) is 0 Å². The Hall–Kier alpha value is -0.870. The second-order valence-corrected chi connectivity index (χ2v) is 4.21. The third kappa shape index (κ3) is 7.13. The molecule has 1 heterocycles. The number of unbranched alkanes of at least 4 members (excludes halogenated alkanes) is 2. The van der Waals surface area contributed by atoms with E-state index in [-0.39, 0.29) is 5.97 Å². The summed E-state index contributed by atoms with van der Waals surface area (Å²) in [7, 11) is 0. The number of allylic oxidation sites excluding steroid dienone is 1. The smallest absolute Gasteiger partial charge is 0.305 e. The second-order valence-electron chi connectivity index (χ2n) is 4.21. The summed E-state index contributed by atoms with van der Waals surface area (Å²) >= 11 is 0. The van der Waals surface area contributed by atoms with Crippen LogP contribution < -0.4 is 0 Å².